The van der Waals surface area contributed by atoms with Crippen LogP contribution in [-0.4, -0.2) is 373 Å². The number of phosphoric acid groups is 2. The molecule has 0 aromatic rings. The molecule has 8 aliphatic rings. The number of hydrogen-bond acceptors (Lipinski definition) is 32. The van der Waals surface area contributed by atoms with E-state index in [4.69, 9.17) is 166 Å². The van der Waals surface area contributed by atoms with Crippen LogP contribution >= 0.6 is 30.8 Å². The summed E-state index contributed by atoms with van der Waals surface area (Å²) in [6, 6.07) is -6.35. The third-order valence-corrected chi connectivity index (χ3v) is 21.4. The average molecular weight is 1740 g/mol. The molecule has 660 valence electrons. The quantitative estimate of drug-likeness (QED) is 0.0494. The molecule has 8 heterocycles. The number of phosphoric ester groups is 2. The fraction of sp³-hybridized carbons (Fsp3) is 1.00. The Kier molecular flexibility index (Phi) is 50.3. The number of aliphatic hydroxyl groups is 2. The van der Waals surface area contributed by atoms with Crippen LogP contribution in [0.5, 0.6) is 0 Å². The molecule has 8 saturated heterocycles. The summed E-state index contributed by atoms with van der Waals surface area (Å²) in [5.74, 6) is 0. The third-order valence-electron chi connectivity index (χ3n) is 17.2. The number of aliphatic hydroxyl groups excluding tert-OH is 2. The number of rotatable bonds is 38. The zero-order valence-corrected chi connectivity index (χ0v) is 73.9. The van der Waals surface area contributed by atoms with Gasteiger partial charge in [0.15, 0.2) is 0 Å². The minimum atomic E-state index is -4.23. The predicted octanol–water partition coefficient (Wildman–Crippen LogP) is 4.29. The van der Waals surface area contributed by atoms with Gasteiger partial charge in [-0.25, -0.2) is 22.1 Å². The van der Waals surface area contributed by atoms with Gasteiger partial charge >= 0.3 is 15.4 Å². The Hall–Kier alpha value is 0.0395. The Morgan fingerprint density at radius 2 is 0.621 bits per heavy atom. The van der Waals surface area contributed by atoms with Gasteiger partial charge in [0.2, 0.25) is 0 Å². The fourth-order valence-corrected chi connectivity index (χ4v) is 15.0. The van der Waals surface area contributed by atoms with E-state index in [1.54, 1.807) is 0 Å². The number of hydrogen-bond donors (Lipinski definition) is 2. The summed E-state index contributed by atoms with van der Waals surface area (Å²) in [6.45, 7) is 32.2. The molecule has 8 rings (SSSR count). The zero-order valence-electron chi connectivity index (χ0n) is 70.3. The molecule has 48 heteroatoms. The smallest absolute Gasteiger partial charge is 0.475 e. The maximum atomic E-state index is 14.5. The van der Waals surface area contributed by atoms with Gasteiger partial charge < -0.3 is 118 Å². The van der Waals surface area contributed by atoms with E-state index in [0.717, 1.165) is 20.9 Å². The van der Waals surface area contributed by atoms with Crippen LogP contribution in [-0.2, 0) is 130 Å². The molecular formula is C68H122B8F4O32P4-2. The summed E-state index contributed by atoms with van der Waals surface area (Å²) in [6.07, 6.45) is -15.2. The molecule has 116 heavy (non-hydrogen) atoms. The molecule has 0 aliphatic carbocycles. The van der Waals surface area contributed by atoms with E-state index in [9.17, 15) is 55.8 Å². The Balaban J connectivity index is 0.000000371. The first-order valence-corrected chi connectivity index (χ1v) is 45.7. The van der Waals surface area contributed by atoms with Crippen LogP contribution in [0.15, 0.2) is 0 Å². The molecule has 32 nitrogen and oxygen atoms in total. The summed E-state index contributed by atoms with van der Waals surface area (Å²) in [7, 11) is 31.1. The summed E-state index contributed by atoms with van der Waals surface area (Å²) < 4.78 is 229. The molecule has 0 spiro atoms. The molecule has 0 amide bonds. The minimum Gasteiger partial charge on any atom is -0.779 e. The largest absolute Gasteiger partial charge is 0.779 e. The van der Waals surface area contributed by atoms with Gasteiger partial charge in [0.25, 0.3) is 7.82 Å². The van der Waals surface area contributed by atoms with Crippen molar-refractivity contribution in [2.75, 3.05) is 80.4 Å². The molecule has 2 N–H and O–H groups in total. The Morgan fingerprint density at radius 3 is 0.888 bits per heavy atom. The topological polar surface area (TPSA) is 376 Å². The van der Waals surface area contributed by atoms with E-state index in [1.807, 2.05) is 111 Å². The van der Waals surface area contributed by atoms with Crippen LogP contribution in [0, 0.1) is 0 Å². The lowest BCUT2D eigenvalue weighted by atomic mass is 9.94. The van der Waals surface area contributed by atoms with Crippen molar-refractivity contribution in [2.45, 2.75) is 356 Å². The van der Waals surface area contributed by atoms with Gasteiger partial charge in [-0.1, -0.05) is 0 Å². The van der Waals surface area contributed by atoms with Gasteiger partial charge in [-0.2, -0.15) is 0 Å². The maximum absolute atomic E-state index is 14.5. The zero-order chi connectivity index (χ0) is 88.2. The molecule has 12 unspecified atom stereocenters. The standard InChI is InChI=1S/C17H30B2FO8P.C17H30B2FO7P.C9H18BO6P.C9H18BO5P.2C8H14BFO3/c1-9(2)23-7-13-16(15(20)17(19)27-13)28-29(21,22-5)24-8-12-11(25-10(3)4)6-14(18)26-12;1-9(2)22-7-13-16(15(20)17(19)26-13)27-28(5,21)23-8-12-11(24-10(3)4)6-14(18)25-12;1-6(2)15-7-4-9(10)16-8(7)5-14-17(11,12)13-3;1-6(2)14-7-4-9(10)15-8(7)5-13-16(3,11)12;2*1-4(2)12-3-5-7(11)6(10)8(9)13-5/h9-17H,6-8H2,1-5H3;9-17H,6-8H2,1-5H3;6-9H,4-5H2,1-3H3,(H,11,12);6-9H,4-5H2,1-3H3,(H,11,12);2*4-8,11H,3H2,1-2H3/p-2/t11?,12-,13-,14-,15+,16?,17-,29?;11?,12-,13-,14-,15+,16?,17-,28?;2*7?,8-,9-;2*5-,6+,7?,8-/m111111/s1. The highest BCUT2D eigenvalue weighted by molar-refractivity contribution is 7.53. The first-order chi connectivity index (χ1) is 53.7. The summed E-state index contributed by atoms with van der Waals surface area (Å²) in [4.78, 5) is 21.9. The van der Waals surface area contributed by atoms with Crippen LogP contribution in [0.3, 0.4) is 0 Å². The van der Waals surface area contributed by atoms with Crippen LogP contribution < -0.4 is 9.79 Å². The number of ether oxygens (including phenoxy) is 16. The lowest BCUT2D eigenvalue weighted by Gasteiger charge is -2.26. The fourth-order valence-electron chi connectivity index (χ4n) is 11.8. The first kappa shape index (κ1) is 110. The molecule has 0 aromatic carbocycles. The second-order valence-electron chi connectivity index (χ2n) is 30.7. The second kappa shape index (κ2) is 53.0. The number of halogens is 4. The molecule has 0 saturated carbocycles. The lowest BCUT2D eigenvalue weighted by molar-refractivity contribution is -0.226. The highest BCUT2D eigenvalue weighted by atomic mass is 31.2. The van der Waals surface area contributed by atoms with Crippen LogP contribution in [0.1, 0.15) is 136 Å². The highest BCUT2D eigenvalue weighted by Gasteiger charge is 2.51. The van der Waals surface area contributed by atoms with Crippen molar-refractivity contribution in [3.05, 3.63) is 0 Å². The van der Waals surface area contributed by atoms with E-state index in [-0.39, 0.29) is 126 Å². The summed E-state index contributed by atoms with van der Waals surface area (Å²) >= 11 is 0. The summed E-state index contributed by atoms with van der Waals surface area (Å²) in [5.41, 5.74) is 0. The van der Waals surface area contributed by atoms with Crippen molar-refractivity contribution >= 4 is 93.6 Å². The number of alkyl halides is 4. The Morgan fingerprint density at radius 1 is 0.353 bits per heavy atom. The van der Waals surface area contributed by atoms with Crippen molar-refractivity contribution in [2.24, 2.45) is 0 Å². The van der Waals surface area contributed by atoms with Crippen molar-refractivity contribution in [3.63, 3.8) is 0 Å². The highest BCUT2D eigenvalue weighted by Crippen LogP contribution is 2.53. The van der Waals surface area contributed by atoms with E-state index in [1.165, 1.54) is 6.66 Å². The van der Waals surface area contributed by atoms with E-state index < -0.39 is 177 Å². The third kappa shape index (κ3) is 41.2. The van der Waals surface area contributed by atoms with Gasteiger partial charge in [-0.05, 0) is 136 Å². The maximum Gasteiger partial charge on any atom is 0.475 e. The van der Waals surface area contributed by atoms with Gasteiger partial charge in [0.05, 0.1) is 150 Å². The second-order valence-corrected chi connectivity index (χ2v) is 37.7. The molecule has 0 aromatic heterocycles. The average Bonchev–Trinajstić information content (AvgIpc) is 1.66. The predicted molar refractivity (Wildman–Crippen MR) is 420 cm³/mol. The monoisotopic (exact) mass is 1740 g/mol. The molecule has 0 bridgehead atoms. The lowest BCUT2D eigenvalue weighted by Crippen LogP contribution is -2.36. The van der Waals surface area contributed by atoms with Crippen molar-refractivity contribution in [3.8, 4) is 0 Å². The molecule has 32 atom stereocenters. The van der Waals surface area contributed by atoms with Crippen molar-refractivity contribution < 1.29 is 168 Å². The van der Waals surface area contributed by atoms with Crippen LogP contribution in [0.25, 0.3) is 0 Å². The van der Waals surface area contributed by atoms with Gasteiger partial charge in [-0.15, -0.1) is 0 Å². The van der Waals surface area contributed by atoms with E-state index >= 15 is 0 Å². The van der Waals surface area contributed by atoms with E-state index in [2.05, 4.69) is 9.05 Å². The van der Waals surface area contributed by atoms with Crippen molar-refractivity contribution in [1.29, 1.82) is 0 Å². The van der Waals surface area contributed by atoms with Crippen molar-refractivity contribution in [1.82, 2.24) is 0 Å². The molecular weight excluding hydrogens is 1620 g/mol. The van der Waals surface area contributed by atoms with Gasteiger partial charge in [-0.3, -0.25) is 27.2 Å². The Labute approximate surface area is 694 Å². The summed E-state index contributed by atoms with van der Waals surface area (Å²) in [5, 5.41) is 18.6. The minimum absolute atomic E-state index is 0.0119. The van der Waals surface area contributed by atoms with Gasteiger partial charge in [0, 0.05) is 51.6 Å². The Bertz CT molecular complexity index is 2870. The first-order valence-electron chi connectivity index (χ1n) is 38.8. The molecule has 8 aliphatic heterocycles. The van der Waals surface area contributed by atoms with Gasteiger partial charge in [0.1, 0.15) is 168 Å². The normalized spacial score (nSPS) is 37.1. The molecule has 8 fully saturated rings. The van der Waals surface area contributed by atoms with E-state index in [0.29, 0.717) is 25.7 Å². The molecule has 16 radical (unpaired) electrons. The SMILES string of the molecule is [B][C@@H]1O[C@H](COC(C)C)C(O)[C@@H]1F.[B][C@@H]1O[C@H](COC(C)C)C(O)[C@@H]1F.[B][C@@H]1O[C@H](COC(C)C)C(OP(=O)(OC)OC[C@H]2O[C@@H]([B])CC2OC(C)C)[C@@H]1F.[B][C@@H]1O[C@H](COC(C)C)C(OP(C)(=O)OC[C@H]2O[C@@H]([B])CC2OC(C)C)[C@@H]1F.[B][C@H]1CC(OC(C)C)[C@@H](COP(=O)([O-])OC)O1.[B][C@H]1CC(OC(C)C)[C@@H](COP(C)(=O)[O-])O1. The van der Waals surface area contributed by atoms with Crippen LogP contribution in [0.4, 0.5) is 17.6 Å². The van der Waals surface area contributed by atoms with Crippen LogP contribution in [0.2, 0.25) is 0 Å².